The minimum atomic E-state index is -4.76. The van der Waals surface area contributed by atoms with Gasteiger partial charge in [0.1, 0.15) is 6.04 Å². The van der Waals surface area contributed by atoms with Crippen LogP contribution in [0.4, 0.5) is 34.1 Å². The minimum absolute atomic E-state index is 0.0512. The minimum Gasteiger partial charge on any atom is -0.397 e. The summed E-state index contributed by atoms with van der Waals surface area (Å²) in [5.41, 5.74) is 5.87. The van der Waals surface area contributed by atoms with Crippen molar-refractivity contribution >= 4 is 41.0 Å². The van der Waals surface area contributed by atoms with Crippen LogP contribution in [0.15, 0.2) is 36.4 Å². The molecule has 47 heavy (non-hydrogen) atoms. The zero-order chi connectivity index (χ0) is 33.9. The van der Waals surface area contributed by atoms with Crippen molar-refractivity contribution in [1.82, 2.24) is 25.1 Å². The molecule has 0 unspecified atom stereocenters. The number of anilines is 2. The molecule has 3 heterocycles. The highest BCUT2D eigenvalue weighted by atomic mass is 35.5. The molecule has 5 rings (SSSR count). The van der Waals surface area contributed by atoms with Gasteiger partial charge < -0.3 is 35.9 Å². The smallest absolute Gasteiger partial charge is 0.397 e. The van der Waals surface area contributed by atoms with Crippen molar-refractivity contribution in [1.29, 1.82) is 0 Å². The molecule has 2 saturated heterocycles. The molecule has 2 aromatic rings. The fraction of sp³-hybridized carbons (Fsp3) is 0.531. The molecule has 1 atom stereocenters. The van der Waals surface area contributed by atoms with Crippen LogP contribution in [0.1, 0.15) is 42.4 Å². The zero-order valence-corrected chi connectivity index (χ0v) is 27.2. The number of hydrogen-bond donors (Lipinski definition) is 3. The van der Waals surface area contributed by atoms with Gasteiger partial charge in [0.05, 0.1) is 16.3 Å². The van der Waals surface area contributed by atoms with E-state index in [4.69, 9.17) is 22.2 Å². The molecule has 0 radical (unpaired) electrons. The predicted octanol–water partition coefficient (Wildman–Crippen LogP) is 4.60. The number of piperidine rings is 2. The molecule has 4 amide bonds. The maximum atomic E-state index is 13.7. The molecular formula is C32H41ClF3N7O4. The molecule has 0 bridgehead atoms. The van der Waals surface area contributed by atoms with Crippen LogP contribution >= 0.6 is 11.6 Å². The third kappa shape index (κ3) is 8.40. The molecule has 256 valence electrons. The number of amides is 4. The van der Waals surface area contributed by atoms with Crippen molar-refractivity contribution in [3.05, 3.63) is 58.1 Å². The van der Waals surface area contributed by atoms with Crippen molar-refractivity contribution < 1.29 is 32.4 Å². The first-order valence-corrected chi connectivity index (χ1v) is 16.2. The Balaban J connectivity index is 1.23. The monoisotopic (exact) mass is 679 g/mol. The van der Waals surface area contributed by atoms with E-state index in [0.29, 0.717) is 51.6 Å². The van der Waals surface area contributed by atoms with E-state index in [-0.39, 0.29) is 29.1 Å². The number of nitrogen functional groups attached to an aromatic ring is 1. The van der Waals surface area contributed by atoms with Crippen LogP contribution in [0, 0.1) is 0 Å². The second-order valence-electron chi connectivity index (χ2n) is 12.5. The Labute approximate surface area is 277 Å². The molecule has 15 heteroatoms. The third-order valence-electron chi connectivity index (χ3n) is 9.25. The molecule has 3 aliphatic rings. The second-order valence-corrected chi connectivity index (χ2v) is 12.9. The van der Waals surface area contributed by atoms with Crippen LogP contribution in [-0.4, -0.2) is 103 Å². The number of hydroxylamine groups is 2. The number of carbonyl (C=O) groups is 3. The average Bonchev–Trinajstić information content (AvgIpc) is 3.20. The Kier molecular flexibility index (Phi) is 10.7. The number of nitrogens with zero attached hydrogens (tertiary/aromatic N) is 4. The van der Waals surface area contributed by atoms with Crippen LogP contribution in [0.25, 0.3) is 0 Å². The highest BCUT2D eigenvalue weighted by molar-refractivity contribution is 6.33. The maximum absolute atomic E-state index is 13.7. The van der Waals surface area contributed by atoms with Crippen LogP contribution in [-0.2, 0) is 28.7 Å². The number of alkyl halides is 3. The highest BCUT2D eigenvalue weighted by Gasteiger charge is 2.36. The van der Waals surface area contributed by atoms with E-state index in [0.717, 1.165) is 36.6 Å². The van der Waals surface area contributed by atoms with Crippen LogP contribution < -0.4 is 16.4 Å². The lowest BCUT2D eigenvalue weighted by atomic mass is 9.99. The number of carbonyl (C=O) groups excluding carboxylic acids is 3. The summed E-state index contributed by atoms with van der Waals surface area (Å²) in [4.78, 5) is 50.9. The Morgan fingerprint density at radius 3 is 2.43 bits per heavy atom. The molecule has 2 fully saturated rings. The van der Waals surface area contributed by atoms with E-state index in [9.17, 15) is 27.6 Å². The van der Waals surface area contributed by atoms with Crippen LogP contribution in [0.2, 0.25) is 5.02 Å². The predicted molar refractivity (Wildman–Crippen MR) is 172 cm³/mol. The summed E-state index contributed by atoms with van der Waals surface area (Å²) < 4.78 is 41.0. The summed E-state index contributed by atoms with van der Waals surface area (Å²) in [5.74, 6) is -0.424. The maximum Gasteiger partial charge on any atom is 0.426 e. The Morgan fingerprint density at radius 1 is 1.09 bits per heavy atom. The molecule has 0 aromatic heterocycles. The summed E-state index contributed by atoms with van der Waals surface area (Å²) in [7, 11) is 3.94. The number of nitrogens with two attached hydrogens (primary N) is 1. The first-order chi connectivity index (χ1) is 22.3. The summed E-state index contributed by atoms with van der Waals surface area (Å²) >= 11 is 6.05. The van der Waals surface area contributed by atoms with Crippen LogP contribution in [0.5, 0.6) is 0 Å². The largest absolute Gasteiger partial charge is 0.426 e. The number of rotatable bonds is 7. The van der Waals surface area contributed by atoms with E-state index in [1.807, 2.05) is 43.3 Å². The van der Waals surface area contributed by atoms with Gasteiger partial charge in [0.2, 0.25) is 5.91 Å². The van der Waals surface area contributed by atoms with Crippen molar-refractivity contribution in [2.75, 3.05) is 57.9 Å². The standard InChI is InChI=1S/C32H41ClF3N7O4/c1-40(2)22-8-12-41(13-9-22)29(44)27(19-20-17-24(32(34,35)36)28(37)25(33)18-20)39-31(46)47-42-14-10-23(11-15-42)43-16-7-21-5-3-4-6-26(21)38-30(43)45/h3-6,17-18,22-23,27H,7-16,19,37H2,1-2H3,(H,38,45)(H,39,46)/t27-/m1/s1. The number of hydrogen-bond acceptors (Lipinski definition) is 7. The second kappa shape index (κ2) is 14.6. The molecule has 11 nitrogen and oxygen atoms in total. The van der Waals surface area contributed by atoms with Gasteiger partial charge >= 0.3 is 18.3 Å². The lowest BCUT2D eigenvalue weighted by molar-refractivity contribution is -0.137. The summed E-state index contributed by atoms with van der Waals surface area (Å²) in [6.07, 6.45) is -2.62. The number of para-hydroxylation sites is 1. The number of likely N-dealkylation sites (tertiary alicyclic amines) is 1. The quantitative estimate of drug-likeness (QED) is 0.366. The number of fused-ring (bicyclic) bond motifs is 1. The fourth-order valence-electron chi connectivity index (χ4n) is 6.55. The van der Waals surface area contributed by atoms with Gasteiger partial charge in [-0.3, -0.25) is 4.79 Å². The molecule has 4 N–H and O–H groups in total. The molecule has 2 aromatic carbocycles. The topological polar surface area (TPSA) is 123 Å². The molecule has 0 aliphatic carbocycles. The number of urea groups is 1. The molecule has 0 saturated carbocycles. The van der Waals surface area contributed by atoms with E-state index in [2.05, 4.69) is 15.5 Å². The van der Waals surface area contributed by atoms with Gasteiger partial charge in [-0.2, -0.15) is 13.2 Å². The van der Waals surface area contributed by atoms with Gasteiger partial charge in [-0.15, -0.1) is 5.06 Å². The van der Waals surface area contributed by atoms with Crippen molar-refractivity contribution in [3.63, 3.8) is 0 Å². The SMILES string of the molecule is CN(C)C1CCN(C(=O)[C@@H](Cc2cc(Cl)c(N)c(C(F)(F)F)c2)NC(=O)ON2CCC(N3CCc4ccccc4NC3=O)CC2)CC1. The first kappa shape index (κ1) is 34.6. The highest BCUT2D eigenvalue weighted by Crippen LogP contribution is 2.38. The van der Waals surface area contributed by atoms with Gasteiger partial charge in [0.15, 0.2) is 0 Å². The van der Waals surface area contributed by atoms with Crippen molar-refractivity contribution in [2.24, 2.45) is 0 Å². The van der Waals surface area contributed by atoms with E-state index in [1.54, 1.807) is 4.90 Å². The lowest BCUT2D eigenvalue weighted by Crippen LogP contribution is -2.54. The summed E-state index contributed by atoms with van der Waals surface area (Å²) in [6, 6.07) is 8.70. The summed E-state index contributed by atoms with van der Waals surface area (Å²) in [5, 5.41) is 6.76. The first-order valence-electron chi connectivity index (χ1n) is 15.8. The van der Waals surface area contributed by atoms with E-state index >= 15 is 0 Å². The van der Waals surface area contributed by atoms with Gasteiger partial charge in [-0.25, -0.2) is 9.59 Å². The molecule has 0 spiro atoms. The molecular weight excluding hydrogens is 639 g/mol. The molecule has 3 aliphatic heterocycles. The number of benzene rings is 2. The number of halogens is 4. The van der Waals surface area contributed by atoms with Gasteiger partial charge in [0.25, 0.3) is 0 Å². The van der Waals surface area contributed by atoms with Crippen LogP contribution in [0.3, 0.4) is 0 Å². The average molecular weight is 680 g/mol. The number of nitrogens with one attached hydrogen (secondary N) is 2. The van der Waals surface area contributed by atoms with E-state index < -0.39 is 35.5 Å². The normalized spacial score (nSPS) is 19.2. The van der Waals surface area contributed by atoms with Gasteiger partial charge in [-0.1, -0.05) is 29.8 Å². The Hall–Kier alpha value is -3.75. The fourth-order valence-corrected chi connectivity index (χ4v) is 6.80. The van der Waals surface area contributed by atoms with Crippen molar-refractivity contribution in [2.45, 2.75) is 62.8 Å². The summed E-state index contributed by atoms with van der Waals surface area (Å²) in [6.45, 7) is 2.15. The van der Waals surface area contributed by atoms with E-state index in [1.165, 1.54) is 11.1 Å². The zero-order valence-electron chi connectivity index (χ0n) is 26.5. The van der Waals surface area contributed by atoms with Crippen molar-refractivity contribution in [3.8, 4) is 0 Å². The Morgan fingerprint density at radius 2 is 1.77 bits per heavy atom. The van der Waals surface area contributed by atoms with Gasteiger partial charge in [-0.05, 0) is 75.5 Å². The Bertz CT molecular complexity index is 1460. The van der Waals surface area contributed by atoms with Gasteiger partial charge in [0, 0.05) is 56.9 Å². The third-order valence-corrected chi connectivity index (χ3v) is 9.56. The lowest BCUT2D eigenvalue weighted by Gasteiger charge is -2.38.